The number of carbonyl (C=O) groups excluding carboxylic acids is 1. The normalized spacial score (nSPS) is 15.0. The second-order valence-corrected chi connectivity index (χ2v) is 7.89. The molecular weight excluding hydrogens is 402 g/mol. The molecule has 2 N–H and O–H groups in total. The van der Waals surface area contributed by atoms with E-state index in [1.54, 1.807) is 6.20 Å². The molecule has 1 saturated heterocycles. The number of nitrogens with zero attached hydrogens (tertiary/aromatic N) is 1. The highest BCUT2D eigenvalue weighted by Gasteiger charge is 2.36. The lowest BCUT2D eigenvalue weighted by molar-refractivity contribution is 0.118. The second kappa shape index (κ2) is 10.3. The molecule has 166 valence electrons. The number of hydrogen-bond acceptors (Lipinski definition) is 5. The Labute approximate surface area is 189 Å². The molecule has 6 heteroatoms. The summed E-state index contributed by atoms with van der Waals surface area (Å²) in [5.41, 5.74) is 3.56. The van der Waals surface area contributed by atoms with Crippen LogP contribution in [0.3, 0.4) is 0 Å². The molecule has 0 aliphatic carbocycles. The number of nitrogens with one attached hydrogen (secondary N) is 2. The number of ether oxygens (including phenoxy) is 2. The van der Waals surface area contributed by atoms with Crippen LogP contribution in [-0.4, -0.2) is 30.8 Å². The van der Waals surface area contributed by atoms with Crippen LogP contribution in [0, 0.1) is 0 Å². The van der Waals surface area contributed by atoms with Crippen molar-refractivity contribution >= 4 is 6.09 Å². The molecule has 1 aliphatic rings. The average Bonchev–Trinajstić information content (AvgIpc) is 2.85. The van der Waals surface area contributed by atoms with Gasteiger partial charge in [0.1, 0.15) is 6.61 Å². The van der Waals surface area contributed by atoms with Gasteiger partial charge in [-0.15, -0.1) is 0 Å². The number of hydrogen-bond donors (Lipinski definition) is 2. The van der Waals surface area contributed by atoms with Crippen molar-refractivity contribution in [1.82, 2.24) is 15.6 Å². The van der Waals surface area contributed by atoms with Gasteiger partial charge in [0.15, 0.2) is 0 Å². The average molecular weight is 432 g/mol. The molecule has 0 radical (unpaired) electrons. The number of carbonyl (C=O) groups is 1. The molecule has 1 amide bonds. The molecule has 32 heavy (non-hydrogen) atoms. The Hall–Kier alpha value is -3.38. The number of alkyl carbamates (subject to hydrolysis) is 1. The van der Waals surface area contributed by atoms with Gasteiger partial charge in [0.25, 0.3) is 0 Å². The SMILES string of the molecule is CCOc1ncccc1-c1ccc(C2(NC(=O)OCc3ccccc3)CCNCC2)cc1. The quantitative estimate of drug-likeness (QED) is 0.570. The zero-order valence-electron chi connectivity index (χ0n) is 18.3. The van der Waals surface area contributed by atoms with Crippen LogP contribution in [-0.2, 0) is 16.9 Å². The van der Waals surface area contributed by atoms with Gasteiger partial charge in [-0.1, -0.05) is 54.6 Å². The highest BCUT2D eigenvalue weighted by atomic mass is 16.5. The lowest BCUT2D eigenvalue weighted by atomic mass is 9.81. The molecule has 0 saturated carbocycles. The molecule has 3 aromatic rings. The monoisotopic (exact) mass is 431 g/mol. The van der Waals surface area contributed by atoms with Crippen LogP contribution in [0.5, 0.6) is 5.88 Å². The standard InChI is InChI=1S/C26H29N3O3/c1-2-31-24-23(9-6-16-28-24)21-10-12-22(13-11-21)26(14-17-27-18-15-26)29-25(30)32-19-20-7-4-3-5-8-20/h3-13,16,27H,2,14-15,17-19H2,1H3,(H,29,30). The fraction of sp³-hybridized carbons (Fsp3) is 0.308. The van der Waals surface area contributed by atoms with Crippen molar-refractivity contribution in [3.63, 3.8) is 0 Å². The molecule has 1 aliphatic heterocycles. The second-order valence-electron chi connectivity index (χ2n) is 7.89. The van der Waals surface area contributed by atoms with Crippen molar-refractivity contribution < 1.29 is 14.3 Å². The predicted molar refractivity (Wildman–Crippen MR) is 124 cm³/mol. The first-order valence-electron chi connectivity index (χ1n) is 11.1. The predicted octanol–water partition coefficient (Wildman–Crippen LogP) is 4.65. The molecule has 1 fully saturated rings. The maximum Gasteiger partial charge on any atom is 0.408 e. The largest absolute Gasteiger partial charge is 0.478 e. The summed E-state index contributed by atoms with van der Waals surface area (Å²) in [5, 5.41) is 6.55. The van der Waals surface area contributed by atoms with Crippen LogP contribution in [0.15, 0.2) is 72.9 Å². The van der Waals surface area contributed by atoms with Gasteiger partial charge in [0.05, 0.1) is 12.1 Å². The maximum atomic E-state index is 12.7. The first-order chi connectivity index (χ1) is 15.7. The van der Waals surface area contributed by atoms with Gasteiger partial charge in [-0.25, -0.2) is 9.78 Å². The summed E-state index contributed by atoms with van der Waals surface area (Å²) < 4.78 is 11.2. The Morgan fingerprint density at radius 3 is 2.50 bits per heavy atom. The van der Waals surface area contributed by atoms with Crippen LogP contribution >= 0.6 is 0 Å². The van der Waals surface area contributed by atoms with Crippen LogP contribution in [0.2, 0.25) is 0 Å². The minimum absolute atomic E-state index is 0.251. The molecule has 0 bridgehead atoms. The van der Waals surface area contributed by atoms with E-state index in [1.165, 1.54) is 0 Å². The first-order valence-corrected chi connectivity index (χ1v) is 11.1. The van der Waals surface area contributed by atoms with Gasteiger partial charge in [0, 0.05) is 11.8 Å². The smallest absolute Gasteiger partial charge is 0.408 e. The molecule has 0 spiro atoms. The Kier molecular flexibility index (Phi) is 7.02. The Bertz CT molecular complexity index is 1020. The third kappa shape index (κ3) is 5.08. The Morgan fingerprint density at radius 2 is 1.78 bits per heavy atom. The molecule has 6 nitrogen and oxygen atoms in total. The summed E-state index contributed by atoms with van der Waals surface area (Å²) in [7, 11) is 0. The van der Waals surface area contributed by atoms with Crippen LogP contribution in [0.4, 0.5) is 4.79 Å². The Balaban J connectivity index is 1.52. The number of pyridine rings is 1. The summed E-state index contributed by atoms with van der Waals surface area (Å²) in [4.78, 5) is 17.0. The van der Waals surface area contributed by atoms with Gasteiger partial charge < -0.3 is 20.1 Å². The summed E-state index contributed by atoms with van der Waals surface area (Å²) in [6, 6.07) is 21.9. The highest BCUT2D eigenvalue weighted by Crippen LogP contribution is 2.34. The maximum absolute atomic E-state index is 12.7. The van der Waals surface area contributed by atoms with E-state index < -0.39 is 11.6 Å². The Morgan fingerprint density at radius 1 is 1.03 bits per heavy atom. The van der Waals surface area contributed by atoms with Crippen molar-refractivity contribution in [3.8, 4) is 17.0 Å². The molecule has 1 aromatic heterocycles. The summed E-state index contributed by atoms with van der Waals surface area (Å²) in [6.07, 6.45) is 2.93. The number of rotatable bonds is 7. The highest BCUT2D eigenvalue weighted by molar-refractivity contribution is 5.70. The van der Waals surface area contributed by atoms with E-state index in [4.69, 9.17) is 9.47 Å². The van der Waals surface area contributed by atoms with Crippen LogP contribution in [0.1, 0.15) is 30.9 Å². The molecule has 4 rings (SSSR count). The fourth-order valence-corrected chi connectivity index (χ4v) is 4.13. The van der Waals surface area contributed by atoms with Gasteiger partial charge >= 0.3 is 6.09 Å². The van der Waals surface area contributed by atoms with Gasteiger partial charge in [-0.05, 0) is 61.7 Å². The lowest BCUT2D eigenvalue weighted by Gasteiger charge is -2.38. The van der Waals surface area contributed by atoms with Crippen molar-refractivity contribution in [2.45, 2.75) is 31.9 Å². The number of amides is 1. The van der Waals surface area contributed by atoms with Crippen molar-refractivity contribution in [2.24, 2.45) is 0 Å². The molecule has 2 heterocycles. The third-order valence-electron chi connectivity index (χ3n) is 5.81. The fourth-order valence-electron chi connectivity index (χ4n) is 4.13. The van der Waals surface area contributed by atoms with Gasteiger partial charge in [0.2, 0.25) is 5.88 Å². The van der Waals surface area contributed by atoms with E-state index in [1.807, 2.05) is 49.4 Å². The van der Waals surface area contributed by atoms with E-state index in [-0.39, 0.29) is 6.61 Å². The number of piperidine rings is 1. The van der Waals surface area contributed by atoms with Crippen molar-refractivity contribution in [1.29, 1.82) is 0 Å². The lowest BCUT2D eigenvalue weighted by Crippen LogP contribution is -2.52. The topological polar surface area (TPSA) is 72.5 Å². The third-order valence-corrected chi connectivity index (χ3v) is 5.81. The van der Waals surface area contributed by atoms with Gasteiger partial charge in [-0.3, -0.25) is 0 Å². The molecule has 0 unspecified atom stereocenters. The summed E-state index contributed by atoms with van der Waals surface area (Å²) in [6.45, 7) is 4.43. The summed E-state index contributed by atoms with van der Waals surface area (Å²) >= 11 is 0. The van der Waals surface area contributed by atoms with E-state index in [9.17, 15) is 4.79 Å². The first kappa shape index (κ1) is 21.8. The van der Waals surface area contributed by atoms with Gasteiger partial charge in [-0.2, -0.15) is 0 Å². The van der Waals surface area contributed by atoms with E-state index in [0.29, 0.717) is 12.5 Å². The number of aromatic nitrogens is 1. The zero-order valence-corrected chi connectivity index (χ0v) is 18.3. The zero-order chi connectivity index (χ0) is 22.2. The minimum Gasteiger partial charge on any atom is -0.478 e. The van der Waals surface area contributed by atoms with E-state index in [0.717, 1.165) is 48.2 Å². The van der Waals surface area contributed by atoms with E-state index >= 15 is 0 Å². The summed E-state index contributed by atoms with van der Waals surface area (Å²) in [5.74, 6) is 0.627. The van der Waals surface area contributed by atoms with E-state index in [2.05, 4.69) is 39.9 Å². The number of benzene rings is 2. The molecule has 0 atom stereocenters. The van der Waals surface area contributed by atoms with Crippen molar-refractivity contribution in [3.05, 3.63) is 84.1 Å². The van der Waals surface area contributed by atoms with Crippen molar-refractivity contribution in [2.75, 3.05) is 19.7 Å². The molecule has 2 aromatic carbocycles. The minimum atomic E-state index is -0.463. The molecular formula is C26H29N3O3. The van der Waals surface area contributed by atoms with Crippen LogP contribution in [0.25, 0.3) is 11.1 Å². The van der Waals surface area contributed by atoms with Crippen LogP contribution < -0.4 is 15.4 Å².